The van der Waals surface area contributed by atoms with Crippen LogP contribution in [-0.2, 0) is 11.2 Å². The van der Waals surface area contributed by atoms with Crippen LogP contribution in [0.4, 0.5) is 10.6 Å². The van der Waals surface area contributed by atoms with Gasteiger partial charge in [-0.2, -0.15) is 5.10 Å². The Balaban J connectivity index is 1.35. The predicted molar refractivity (Wildman–Crippen MR) is 106 cm³/mol. The first-order valence-corrected chi connectivity index (χ1v) is 9.99. The van der Waals surface area contributed by atoms with Crippen LogP contribution in [0.15, 0.2) is 18.5 Å². The highest BCUT2D eigenvalue weighted by atomic mass is 16.4. The summed E-state index contributed by atoms with van der Waals surface area (Å²) in [5, 5.41) is 19.6. The van der Waals surface area contributed by atoms with Gasteiger partial charge >= 0.3 is 6.09 Å². The van der Waals surface area contributed by atoms with E-state index in [0.717, 1.165) is 43.5 Å². The van der Waals surface area contributed by atoms with Crippen LogP contribution >= 0.6 is 0 Å². The van der Waals surface area contributed by atoms with Gasteiger partial charge in [-0.3, -0.25) is 24.8 Å². The normalized spacial score (nSPS) is 22.3. The summed E-state index contributed by atoms with van der Waals surface area (Å²) in [4.78, 5) is 34.0. The molecule has 2 aliphatic carbocycles. The molecule has 0 radical (unpaired) electrons. The fourth-order valence-corrected chi connectivity index (χ4v) is 4.20. The Labute approximate surface area is 168 Å². The topological polar surface area (TPSA) is 124 Å². The molecular formula is C20H26N6O3. The lowest BCUT2D eigenvalue weighted by molar-refractivity contribution is -0.115. The first-order chi connectivity index (χ1) is 13.8. The lowest BCUT2D eigenvalue weighted by atomic mass is 10.0. The van der Waals surface area contributed by atoms with Gasteiger partial charge in [0.1, 0.15) is 0 Å². The molecule has 2 aromatic rings. The van der Waals surface area contributed by atoms with Gasteiger partial charge in [0.25, 0.3) is 0 Å². The third kappa shape index (κ3) is 4.23. The van der Waals surface area contributed by atoms with Crippen molar-refractivity contribution in [3.05, 3.63) is 35.5 Å². The van der Waals surface area contributed by atoms with E-state index in [1.165, 1.54) is 0 Å². The van der Waals surface area contributed by atoms with Crippen LogP contribution in [0.1, 0.15) is 62.0 Å². The molecule has 2 aromatic heterocycles. The molecule has 2 aliphatic rings. The first kappa shape index (κ1) is 19.4. The Morgan fingerprint density at radius 3 is 2.76 bits per heavy atom. The fourth-order valence-electron chi connectivity index (χ4n) is 4.20. The number of hydrogen-bond acceptors (Lipinski definition) is 5. The van der Waals surface area contributed by atoms with Gasteiger partial charge in [-0.15, -0.1) is 0 Å². The summed E-state index contributed by atoms with van der Waals surface area (Å²) in [7, 11) is 0. The van der Waals surface area contributed by atoms with Crippen molar-refractivity contribution in [2.45, 2.75) is 69.9 Å². The third-order valence-electron chi connectivity index (χ3n) is 6.01. The quantitative estimate of drug-likeness (QED) is 0.687. The van der Waals surface area contributed by atoms with Gasteiger partial charge in [-0.1, -0.05) is 0 Å². The smallest absolute Gasteiger partial charge is 0.408 e. The van der Waals surface area contributed by atoms with Crippen LogP contribution in [0, 0.1) is 6.92 Å². The van der Waals surface area contributed by atoms with Crippen molar-refractivity contribution in [2.24, 2.45) is 0 Å². The van der Waals surface area contributed by atoms with Gasteiger partial charge in [0, 0.05) is 41.7 Å². The molecule has 4 rings (SSSR count). The molecule has 0 aliphatic heterocycles. The number of carboxylic acid groups (broad SMARTS) is 1. The van der Waals surface area contributed by atoms with Gasteiger partial charge in [-0.05, 0) is 46.0 Å². The van der Waals surface area contributed by atoms with E-state index in [0.29, 0.717) is 11.5 Å². The standard InChI is InChI=1S/C20H26N6O3/c1-12-10-22-14(11-21-12)8-18(27)23-17-9-16(24-25-17)13-3-4-15(7-13)26(19(28)29)20(2)5-6-20/h9-11,13,15H,3-8H2,1-2H3,(H,28,29)(H2,23,24,25,27)/t13-,15+/m0/s1. The number of carbonyl (C=O) groups excluding carboxylic acids is 1. The van der Waals surface area contributed by atoms with Crippen LogP contribution in [0.5, 0.6) is 0 Å². The number of rotatable bonds is 6. The number of aromatic amines is 1. The zero-order valence-electron chi connectivity index (χ0n) is 16.7. The predicted octanol–water partition coefficient (Wildman–Crippen LogP) is 2.86. The van der Waals surface area contributed by atoms with Crippen LogP contribution < -0.4 is 5.32 Å². The number of H-pyrrole nitrogens is 1. The molecule has 154 valence electrons. The average Bonchev–Trinajstić information content (AvgIpc) is 3.07. The van der Waals surface area contributed by atoms with E-state index < -0.39 is 6.09 Å². The van der Waals surface area contributed by atoms with Gasteiger partial charge in [0.2, 0.25) is 5.91 Å². The highest BCUT2D eigenvalue weighted by Crippen LogP contribution is 2.47. The second-order valence-electron chi connectivity index (χ2n) is 8.40. The molecule has 2 amide bonds. The summed E-state index contributed by atoms with van der Waals surface area (Å²) in [6, 6.07) is 1.88. The highest BCUT2D eigenvalue weighted by Gasteiger charge is 2.50. The zero-order chi connectivity index (χ0) is 20.6. The number of nitrogens with one attached hydrogen (secondary N) is 2. The number of nitrogens with zero attached hydrogens (tertiary/aromatic N) is 4. The number of aromatic nitrogens is 4. The van der Waals surface area contributed by atoms with E-state index in [1.807, 2.05) is 19.9 Å². The minimum absolute atomic E-state index is 0.0338. The van der Waals surface area contributed by atoms with Crippen molar-refractivity contribution < 1.29 is 14.7 Å². The summed E-state index contributed by atoms with van der Waals surface area (Å²) in [6.45, 7) is 3.87. The molecule has 2 atom stereocenters. The number of amides is 2. The second kappa shape index (κ2) is 7.46. The molecule has 9 heteroatoms. The molecule has 29 heavy (non-hydrogen) atoms. The van der Waals surface area contributed by atoms with Crippen molar-refractivity contribution in [3.63, 3.8) is 0 Å². The SMILES string of the molecule is Cc1cnc(CC(=O)Nc2cc([C@H]3CC[C@@H](N(C(=O)O)C4(C)CC4)C3)[nH]n2)cn1. The van der Waals surface area contributed by atoms with Crippen molar-refractivity contribution in [1.82, 2.24) is 25.1 Å². The average molecular weight is 398 g/mol. The number of hydrogen-bond donors (Lipinski definition) is 3. The molecule has 2 fully saturated rings. The molecule has 0 spiro atoms. The Bertz CT molecular complexity index is 905. The molecule has 0 bridgehead atoms. The minimum Gasteiger partial charge on any atom is -0.465 e. The molecule has 0 unspecified atom stereocenters. The summed E-state index contributed by atoms with van der Waals surface area (Å²) in [5.74, 6) is 0.479. The minimum atomic E-state index is -0.826. The highest BCUT2D eigenvalue weighted by molar-refractivity contribution is 5.91. The summed E-state index contributed by atoms with van der Waals surface area (Å²) in [5.41, 5.74) is 2.14. The summed E-state index contributed by atoms with van der Waals surface area (Å²) >= 11 is 0. The van der Waals surface area contributed by atoms with Crippen molar-refractivity contribution >= 4 is 17.8 Å². The van der Waals surface area contributed by atoms with Crippen molar-refractivity contribution in [1.29, 1.82) is 0 Å². The van der Waals surface area contributed by atoms with Gasteiger partial charge in [-0.25, -0.2) is 4.79 Å². The molecule has 9 nitrogen and oxygen atoms in total. The fraction of sp³-hybridized carbons (Fsp3) is 0.550. The second-order valence-corrected chi connectivity index (χ2v) is 8.40. The van der Waals surface area contributed by atoms with Crippen LogP contribution in [0.3, 0.4) is 0 Å². The number of carbonyl (C=O) groups is 2. The first-order valence-electron chi connectivity index (χ1n) is 9.99. The largest absolute Gasteiger partial charge is 0.465 e. The number of anilines is 1. The molecule has 0 aromatic carbocycles. The molecule has 2 heterocycles. The van der Waals surface area contributed by atoms with E-state index in [2.05, 4.69) is 25.5 Å². The van der Waals surface area contributed by atoms with Crippen LogP contribution in [0.25, 0.3) is 0 Å². The lowest BCUT2D eigenvalue weighted by Gasteiger charge is -2.32. The summed E-state index contributed by atoms with van der Waals surface area (Å²) < 4.78 is 0. The van der Waals surface area contributed by atoms with E-state index in [9.17, 15) is 14.7 Å². The lowest BCUT2D eigenvalue weighted by Crippen LogP contribution is -2.45. The Kier molecular flexibility index (Phi) is 4.97. The Morgan fingerprint density at radius 1 is 1.31 bits per heavy atom. The van der Waals surface area contributed by atoms with Crippen LogP contribution in [0.2, 0.25) is 0 Å². The maximum atomic E-state index is 12.2. The Hall–Kier alpha value is -2.97. The zero-order valence-corrected chi connectivity index (χ0v) is 16.7. The maximum Gasteiger partial charge on any atom is 0.408 e. The van der Waals surface area contributed by atoms with Gasteiger partial charge in [0.15, 0.2) is 5.82 Å². The molecule has 0 saturated heterocycles. The van der Waals surface area contributed by atoms with E-state index in [-0.39, 0.29) is 29.8 Å². The van der Waals surface area contributed by atoms with Gasteiger partial charge in [0.05, 0.1) is 17.8 Å². The molecular weight excluding hydrogens is 372 g/mol. The molecule has 3 N–H and O–H groups in total. The van der Waals surface area contributed by atoms with Crippen molar-refractivity contribution in [2.75, 3.05) is 5.32 Å². The van der Waals surface area contributed by atoms with Crippen LogP contribution in [-0.4, -0.2) is 53.8 Å². The van der Waals surface area contributed by atoms with Gasteiger partial charge < -0.3 is 10.4 Å². The Morgan fingerprint density at radius 2 is 2.10 bits per heavy atom. The third-order valence-corrected chi connectivity index (χ3v) is 6.01. The van der Waals surface area contributed by atoms with Crippen molar-refractivity contribution in [3.8, 4) is 0 Å². The van der Waals surface area contributed by atoms with E-state index in [4.69, 9.17) is 0 Å². The molecule has 2 saturated carbocycles. The maximum absolute atomic E-state index is 12.2. The number of aryl methyl sites for hydroxylation is 1. The monoisotopic (exact) mass is 398 g/mol. The van der Waals surface area contributed by atoms with E-state index >= 15 is 0 Å². The van der Waals surface area contributed by atoms with E-state index in [1.54, 1.807) is 17.3 Å². The summed E-state index contributed by atoms with van der Waals surface area (Å²) in [6.07, 6.45) is 6.93.